The molecule has 0 saturated carbocycles. The Morgan fingerprint density at radius 3 is 1.32 bits per heavy atom. The Bertz CT molecular complexity index is 1030. The maximum absolute atomic E-state index is 10.0. The summed E-state index contributed by atoms with van der Waals surface area (Å²) in [5.41, 5.74) is 4.38. The van der Waals surface area contributed by atoms with Crippen LogP contribution < -0.4 is 4.74 Å². The van der Waals surface area contributed by atoms with Crippen LogP contribution in [0.1, 0.15) is 22.3 Å². The van der Waals surface area contributed by atoms with Crippen molar-refractivity contribution in [3.8, 4) is 23.0 Å². The summed E-state index contributed by atoms with van der Waals surface area (Å²) in [6, 6.07) is 31.0. The molecule has 0 aliphatic rings. The molecule has 3 heteroatoms. The molecular formula is C28H26O3. The van der Waals surface area contributed by atoms with Crippen LogP contribution in [0.15, 0.2) is 97.1 Å². The predicted molar refractivity (Wildman–Crippen MR) is 124 cm³/mol. The van der Waals surface area contributed by atoms with Crippen molar-refractivity contribution in [2.75, 3.05) is 0 Å². The van der Waals surface area contributed by atoms with Gasteiger partial charge in [0.15, 0.2) is 0 Å². The van der Waals surface area contributed by atoms with E-state index in [9.17, 15) is 10.2 Å². The second-order valence-electron chi connectivity index (χ2n) is 7.66. The van der Waals surface area contributed by atoms with Crippen LogP contribution in [0.5, 0.6) is 23.0 Å². The highest BCUT2D eigenvalue weighted by Gasteiger charge is 2.11. The molecule has 0 heterocycles. The van der Waals surface area contributed by atoms with Gasteiger partial charge in [0.1, 0.15) is 23.0 Å². The Balaban J connectivity index is 1.54. The zero-order valence-corrected chi connectivity index (χ0v) is 17.4. The lowest BCUT2D eigenvalue weighted by Crippen LogP contribution is -1.99. The van der Waals surface area contributed by atoms with E-state index in [1.165, 1.54) is 11.1 Å². The molecule has 0 aromatic heterocycles. The third-order valence-electron chi connectivity index (χ3n) is 5.36. The monoisotopic (exact) mass is 410 g/mol. The Kier molecular flexibility index (Phi) is 6.53. The molecule has 4 aromatic carbocycles. The first kappa shape index (κ1) is 20.5. The summed E-state index contributed by atoms with van der Waals surface area (Å²) in [6.07, 6.45) is 3.23. The molecule has 0 unspecified atom stereocenters. The lowest BCUT2D eigenvalue weighted by atomic mass is 10.0. The van der Waals surface area contributed by atoms with Crippen LogP contribution in [0.2, 0.25) is 0 Å². The molecule has 156 valence electrons. The highest BCUT2D eigenvalue weighted by molar-refractivity contribution is 5.47. The van der Waals surface area contributed by atoms with Gasteiger partial charge in [-0.2, -0.15) is 0 Å². The smallest absolute Gasteiger partial charge is 0.130 e. The minimum absolute atomic E-state index is 0.227. The lowest BCUT2D eigenvalue weighted by Gasteiger charge is -2.15. The fourth-order valence-corrected chi connectivity index (χ4v) is 3.69. The number of ether oxygens (including phenoxy) is 1. The minimum Gasteiger partial charge on any atom is -0.508 e. The molecule has 0 saturated heterocycles. The van der Waals surface area contributed by atoms with Crippen molar-refractivity contribution >= 4 is 0 Å². The van der Waals surface area contributed by atoms with Crippen molar-refractivity contribution in [2.24, 2.45) is 0 Å². The molecule has 0 fully saturated rings. The summed E-state index contributed by atoms with van der Waals surface area (Å²) in [6.45, 7) is 0. The summed E-state index contributed by atoms with van der Waals surface area (Å²) in [7, 11) is 0. The van der Waals surface area contributed by atoms with Crippen molar-refractivity contribution in [2.45, 2.75) is 25.7 Å². The summed E-state index contributed by atoms with van der Waals surface area (Å²) in [4.78, 5) is 0. The van der Waals surface area contributed by atoms with E-state index in [0.717, 1.165) is 48.3 Å². The molecule has 31 heavy (non-hydrogen) atoms. The molecule has 0 radical (unpaired) electrons. The Morgan fingerprint density at radius 2 is 0.903 bits per heavy atom. The van der Waals surface area contributed by atoms with Crippen molar-refractivity contribution < 1.29 is 14.9 Å². The van der Waals surface area contributed by atoms with Crippen molar-refractivity contribution in [1.29, 1.82) is 0 Å². The van der Waals surface area contributed by atoms with Gasteiger partial charge < -0.3 is 14.9 Å². The molecule has 0 amide bonds. The zero-order valence-electron chi connectivity index (χ0n) is 17.4. The van der Waals surface area contributed by atoms with E-state index in [1.807, 2.05) is 48.5 Å². The summed E-state index contributed by atoms with van der Waals surface area (Å²) in [5.74, 6) is 1.90. The maximum Gasteiger partial charge on any atom is 0.130 e. The van der Waals surface area contributed by atoms with Gasteiger partial charge in [0.2, 0.25) is 0 Å². The van der Waals surface area contributed by atoms with E-state index in [1.54, 1.807) is 24.3 Å². The number of aryl methyl sites for hydroxylation is 4. The van der Waals surface area contributed by atoms with Gasteiger partial charge in [-0.05, 0) is 84.3 Å². The van der Waals surface area contributed by atoms with Crippen LogP contribution in [-0.2, 0) is 25.7 Å². The minimum atomic E-state index is 0.227. The molecule has 4 rings (SSSR count). The van der Waals surface area contributed by atoms with Gasteiger partial charge in [0.25, 0.3) is 0 Å². The van der Waals surface area contributed by atoms with Crippen LogP contribution in [0.4, 0.5) is 0 Å². The van der Waals surface area contributed by atoms with E-state index < -0.39 is 0 Å². The van der Waals surface area contributed by atoms with Crippen molar-refractivity contribution in [3.63, 3.8) is 0 Å². The number of hydrogen-bond acceptors (Lipinski definition) is 3. The lowest BCUT2D eigenvalue weighted by molar-refractivity contribution is 0.450. The van der Waals surface area contributed by atoms with Crippen LogP contribution in [0.25, 0.3) is 0 Å². The highest BCUT2D eigenvalue weighted by Crippen LogP contribution is 2.33. The highest BCUT2D eigenvalue weighted by atomic mass is 16.5. The van der Waals surface area contributed by atoms with Gasteiger partial charge in [-0.15, -0.1) is 0 Å². The number of phenols is 2. The quantitative estimate of drug-likeness (QED) is 0.350. The Morgan fingerprint density at radius 1 is 0.484 bits per heavy atom. The van der Waals surface area contributed by atoms with Crippen LogP contribution >= 0.6 is 0 Å². The zero-order chi connectivity index (χ0) is 21.5. The van der Waals surface area contributed by atoms with Crippen LogP contribution in [0, 0.1) is 0 Å². The summed E-state index contributed by atoms with van der Waals surface area (Å²) < 4.78 is 6.31. The molecule has 0 atom stereocenters. The number of aromatic hydroxyl groups is 2. The Labute approximate surface area is 183 Å². The maximum atomic E-state index is 10.0. The molecular weight excluding hydrogens is 384 g/mol. The largest absolute Gasteiger partial charge is 0.508 e. The van der Waals surface area contributed by atoms with E-state index in [-0.39, 0.29) is 11.5 Å². The standard InChI is InChI=1S/C28H26O3/c29-25-15-17-27(23(19-25)13-11-21-7-3-1-4-8-21)31-28-18-16-26(30)20-24(28)14-12-22-9-5-2-6-10-22/h1-10,15-20,29-30H,11-14H2. The van der Waals surface area contributed by atoms with Crippen LogP contribution in [-0.4, -0.2) is 10.2 Å². The number of benzene rings is 4. The van der Waals surface area contributed by atoms with E-state index in [4.69, 9.17) is 4.74 Å². The second-order valence-corrected chi connectivity index (χ2v) is 7.66. The molecule has 0 aliphatic heterocycles. The first-order valence-corrected chi connectivity index (χ1v) is 10.6. The molecule has 3 nitrogen and oxygen atoms in total. The molecule has 0 bridgehead atoms. The van der Waals surface area contributed by atoms with Gasteiger partial charge in [0.05, 0.1) is 0 Å². The van der Waals surface area contributed by atoms with Gasteiger partial charge in [0, 0.05) is 0 Å². The van der Waals surface area contributed by atoms with Gasteiger partial charge in [-0.3, -0.25) is 0 Å². The fraction of sp³-hybridized carbons (Fsp3) is 0.143. The second kappa shape index (κ2) is 9.86. The van der Waals surface area contributed by atoms with Gasteiger partial charge in [-0.25, -0.2) is 0 Å². The topological polar surface area (TPSA) is 49.7 Å². The molecule has 2 N–H and O–H groups in total. The van der Waals surface area contributed by atoms with E-state index >= 15 is 0 Å². The van der Waals surface area contributed by atoms with Crippen LogP contribution in [0.3, 0.4) is 0 Å². The Hall–Kier alpha value is -3.72. The summed E-state index contributed by atoms with van der Waals surface area (Å²) in [5, 5.41) is 20.0. The summed E-state index contributed by atoms with van der Waals surface area (Å²) >= 11 is 0. The van der Waals surface area contributed by atoms with Gasteiger partial charge in [-0.1, -0.05) is 60.7 Å². The average molecular weight is 411 g/mol. The SMILES string of the molecule is Oc1ccc(Oc2ccc(O)cc2CCc2ccccc2)c(CCc2ccccc2)c1. The first-order chi connectivity index (χ1) is 15.2. The van der Waals surface area contributed by atoms with Crippen molar-refractivity contribution in [3.05, 3.63) is 119 Å². The van der Waals surface area contributed by atoms with E-state index in [0.29, 0.717) is 0 Å². The third-order valence-corrected chi connectivity index (χ3v) is 5.36. The fourth-order valence-electron chi connectivity index (χ4n) is 3.69. The first-order valence-electron chi connectivity index (χ1n) is 10.6. The third kappa shape index (κ3) is 5.67. The number of phenolic OH excluding ortho intramolecular Hbond substituents is 2. The predicted octanol–water partition coefficient (Wildman–Crippen LogP) is 6.46. The molecule has 0 aliphatic carbocycles. The van der Waals surface area contributed by atoms with Gasteiger partial charge >= 0.3 is 0 Å². The average Bonchev–Trinajstić information content (AvgIpc) is 2.80. The van der Waals surface area contributed by atoms with E-state index in [2.05, 4.69) is 24.3 Å². The number of rotatable bonds is 8. The van der Waals surface area contributed by atoms with Crippen molar-refractivity contribution in [1.82, 2.24) is 0 Å². The molecule has 0 spiro atoms. The normalized spacial score (nSPS) is 10.7. The molecule has 4 aromatic rings. The number of hydrogen-bond donors (Lipinski definition) is 2.